The van der Waals surface area contributed by atoms with Crippen LogP contribution in [0, 0.1) is 0 Å². The summed E-state index contributed by atoms with van der Waals surface area (Å²) in [7, 11) is -3.53. The van der Waals surface area contributed by atoms with Gasteiger partial charge in [0.2, 0.25) is 10.0 Å². The molecule has 1 aromatic rings. The second kappa shape index (κ2) is 7.72. The molecule has 1 aromatic carbocycles. The highest BCUT2D eigenvalue weighted by molar-refractivity contribution is 9.10. The molecule has 0 aliphatic rings. The third-order valence-corrected chi connectivity index (χ3v) is 5.83. The fourth-order valence-electron chi connectivity index (χ4n) is 2.24. The Kier molecular flexibility index (Phi) is 6.84. The second-order valence-electron chi connectivity index (χ2n) is 5.78. The van der Waals surface area contributed by atoms with Gasteiger partial charge in [-0.05, 0) is 60.4 Å². The van der Waals surface area contributed by atoms with Gasteiger partial charge in [-0.25, -0.2) is 13.1 Å². The van der Waals surface area contributed by atoms with E-state index in [0.29, 0.717) is 4.47 Å². The standard InChI is InChI=1S/C15H25BrN2O2S/c1-5-9-15(3,4)18-21(19,20)14-8-7-12(10-13(14)16)11-17-6-2/h7-8,10,17-18H,5-6,9,11H2,1-4H3. The predicted octanol–water partition coefficient (Wildman–Crippen LogP) is 3.42. The summed E-state index contributed by atoms with van der Waals surface area (Å²) < 4.78 is 28.4. The molecule has 0 aliphatic carbocycles. The van der Waals surface area contributed by atoms with Gasteiger partial charge in [-0.3, -0.25) is 0 Å². The molecule has 0 saturated heterocycles. The first kappa shape index (κ1) is 18.6. The van der Waals surface area contributed by atoms with Gasteiger partial charge in [-0.15, -0.1) is 0 Å². The third-order valence-electron chi connectivity index (χ3n) is 3.15. The van der Waals surface area contributed by atoms with Crippen LogP contribution in [0.5, 0.6) is 0 Å². The van der Waals surface area contributed by atoms with Gasteiger partial charge in [0.25, 0.3) is 0 Å². The van der Waals surface area contributed by atoms with E-state index in [4.69, 9.17) is 0 Å². The Morgan fingerprint density at radius 2 is 1.90 bits per heavy atom. The molecule has 0 fully saturated rings. The zero-order valence-corrected chi connectivity index (χ0v) is 15.6. The van der Waals surface area contributed by atoms with Gasteiger partial charge < -0.3 is 5.32 Å². The quantitative estimate of drug-likeness (QED) is 0.730. The Hall–Kier alpha value is -0.430. The Bertz CT molecular complexity index is 571. The van der Waals surface area contributed by atoms with Crippen molar-refractivity contribution in [2.45, 2.75) is 57.5 Å². The predicted molar refractivity (Wildman–Crippen MR) is 90.8 cm³/mol. The monoisotopic (exact) mass is 376 g/mol. The molecule has 0 aromatic heterocycles. The fraction of sp³-hybridized carbons (Fsp3) is 0.600. The van der Waals surface area contributed by atoms with E-state index >= 15 is 0 Å². The Labute approximate surface area is 136 Å². The third kappa shape index (κ3) is 5.70. The van der Waals surface area contributed by atoms with Crippen molar-refractivity contribution in [2.75, 3.05) is 6.54 Å². The molecule has 0 aliphatic heterocycles. The number of sulfonamides is 1. The van der Waals surface area contributed by atoms with Crippen LogP contribution in [0.2, 0.25) is 0 Å². The van der Waals surface area contributed by atoms with Crippen LogP contribution >= 0.6 is 15.9 Å². The smallest absolute Gasteiger partial charge is 0.242 e. The molecule has 6 heteroatoms. The lowest BCUT2D eigenvalue weighted by Crippen LogP contribution is -2.43. The highest BCUT2D eigenvalue weighted by Gasteiger charge is 2.26. The average molecular weight is 377 g/mol. The number of benzene rings is 1. The van der Waals surface area contributed by atoms with Crippen molar-refractivity contribution in [1.29, 1.82) is 0 Å². The molecule has 1 rings (SSSR count). The molecule has 21 heavy (non-hydrogen) atoms. The summed E-state index contributed by atoms with van der Waals surface area (Å²) in [5, 5.41) is 3.22. The van der Waals surface area contributed by atoms with E-state index in [1.807, 2.05) is 39.8 Å². The maximum absolute atomic E-state index is 12.5. The number of rotatable bonds is 8. The van der Waals surface area contributed by atoms with Crippen molar-refractivity contribution in [3.05, 3.63) is 28.2 Å². The second-order valence-corrected chi connectivity index (χ2v) is 8.29. The summed E-state index contributed by atoms with van der Waals surface area (Å²) >= 11 is 3.37. The molecular weight excluding hydrogens is 352 g/mol. The van der Waals surface area contributed by atoms with Gasteiger partial charge in [0.15, 0.2) is 0 Å². The number of hydrogen-bond acceptors (Lipinski definition) is 3. The van der Waals surface area contributed by atoms with E-state index in [1.54, 1.807) is 6.07 Å². The highest BCUT2D eigenvalue weighted by Crippen LogP contribution is 2.25. The zero-order valence-electron chi connectivity index (χ0n) is 13.2. The molecule has 0 spiro atoms. The summed E-state index contributed by atoms with van der Waals surface area (Å²) in [5.74, 6) is 0. The molecule has 0 amide bonds. The molecule has 4 nitrogen and oxygen atoms in total. The van der Waals surface area contributed by atoms with E-state index in [0.717, 1.165) is 31.5 Å². The Morgan fingerprint density at radius 3 is 2.43 bits per heavy atom. The molecule has 0 radical (unpaired) electrons. The van der Waals surface area contributed by atoms with Gasteiger partial charge in [0.1, 0.15) is 0 Å². The van der Waals surface area contributed by atoms with Crippen LogP contribution in [-0.4, -0.2) is 20.5 Å². The number of hydrogen-bond donors (Lipinski definition) is 2. The maximum atomic E-state index is 12.5. The van der Waals surface area contributed by atoms with Crippen molar-refractivity contribution in [1.82, 2.24) is 10.0 Å². The van der Waals surface area contributed by atoms with Crippen LogP contribution in [0.15, 0.2) is 27.6 Å². The van der Waals surface area contributed by atoms with Gasteiger partial charge in [0.05, 0.1) is 4.90 Å². The molecule has 2 N–H and O–H groups in total. The first-order valence-electron chi connectivity index (χ1n) is 7.25. The van der Waals surface area contributed by atoms with Crippen LogP contribution in [0.3, 0.4) is 0 Å². The summed E-state index contributed by atoms with van der Waals surface area (Å²) in [6.07, 6.45) is 1.72. The van der Waals surface area contributed by atoms with E-state index < -0.39 is 15.6 Å². The van der Waals surface area contributed by atoms with Crippen LogP contribution in [-0.2, 0) is 16.6 Å². The molecular formula is C15H25BrN2O2S. The molecule has 0 unspecified atom stereocenters. The average Bonchev–Trinajstić information content (AvgIpc) is 2.34. The maximum Gasteiger partial charge on any atom is 0.242 e. The molecule has 120 valence electrons. The van der Waals surface area contributed by atoms with E-state index in [-0.39, 0.29) is 4.90 Å². The topological polar surface area (TPSA) is 58.2 Å². The lowest BCUT2D eigenvalue weighted by Gasteiger charge is -2.25. The number of nitrogens with one attached hydrogen (secondary N) is 2. The van der Waals surface area contributed by atoms with Gasteiger partial charge in [0, 0.05) is 16.6 Å². The van der Waals surface area contributed by atoms with Crippen LogP contribution < -0.4 is 10.0 Å². The van der Waals surface area contributed by atoms with Crippen molar-refractivity contribution in [3.8, 4) is 0 Å². The largest absolute Gasteiger partial charge is 0.313 e. The molecule has 0 bridgehead atoms. The van der Waals surface area contributed by atoms with E-state index in [9.17, 15) is 8.42 Å². The Morgan fingerprint density at radius 1 is 1.24 bits per heavy atom. The van der Waals surface area contributed by atoms with Crippen molar-refractivity contribution >= 4 is 26.0 Å². The van der Waals surface area contributed by atoms with Gasteiger partial charge >= 0.3 is 0 Å². The van der Waals surface area contributed by atoms with Crippen LogP contribution in [0.1, 0.15) is 46.1 Å². The first-order valence-corrected chi connectivity index (χ1v) is 9.52. The van der Waals surface area contributed by atoms with Crippen molar-refractivity contribution in [3.63, 3.8) is 0 Å². The lowest BCUT2D eigenvalue weighted by atomic mass is 10.0. The SMILES string of the molecule is CCCC(C)(C)NS(=O)(=O)c1ccc(CNCC)cc1Br. The summed E-state index contributed by atoms with van der Waals surface area (Å²) in [6, 6.07) is 5.35. The number of halogens is 1. The summed E-state index contributed by atoms with van der Waals surface area (Å²) in [4.78, 5) is 0.284. The highest BCUT2D eigenvalue weighted by atomic mass is 79.9. The normalized spacial score (nSPS) is 12.6. The van der Waals surface area contributed by atoms with Crippen LogP contribution in [0.25, 0.3) is 0 Å². The summed E-state index contributed by atoms with van der Waals surface area (Å²) in [5.41, 5.74) is 0.602. The first-order chi connectivity index (χ1) is 9.72. The Balaban J connectivity index is 2.98. The minimum absolute atomic E-state index is 0.284. The van der Waals surface area contributed by atoms with Gasteiger partial charge in [-0.1, -0.05) is 26.3 Å². The summed E-state index contributed by atoms with van der Waals surface area (Å²) in [6.45, 7) is 9.49. The van der Waals surface area contributed by atoms with Crippen LogP contribution in [0.4, 0.5) is 0 Å². The van der Waals surface area contributed by atoms with E-state index in [2.05, 4.69) is 26.0 Å². The minimum Gasteiger partial charge on any atom is -0.313 e. The van der Waals surface area contributed by atoms with E-state index in [1.165, 1.54) is 0 Å². The minimum atomic E-state index is -3.53. The fourth-order valence-corrected chi connectivity index (χ4v) is 4.80. The zero-order chi connectivity index (χ0) is 16.1. The molecule has 0 heterocycles. The molecule has 0 atom stereocenters. The lowest BCUT2D eigenvalue weighted by molar-refractivity contribution is 0.417. The van der Waals surface area contributed by atoms with Crippen molar-refractivity contribution < 1.29 is 8.42 Å². The van der Waals surface area contributed by atoms with Gasteiger partial charge in [-0.2, -0.15) is 0 Å². The molecule has 0 saturated carbocycles. The van der Waals surface area contributed by atoms with Crippen molar-refractivity contribution in [2.24, 2.45) is 0 Å².